The standard InChI is InChI=1S/C15H19NO9/c1-6-16-12-10(23-6)4-11(15(20)21)25-14(12)13(24-8(3)18)9(19)5-22-7(2)17/h4,9-10,12-14,19H,5H2,1-3H3,(H,20,21)/t9-,10-,12-,13-,14-/m1/s1. The van der Waals surface area contributed by atoms with Gasteiger partial charge in [-0.1, -0.05) is 0 Å². The van der Waals surface area contributed by atoms with Crippen LogP contribution in [0.5, 0.6) is 0 Å². The van der Waals surface area contributed by atoms with E-state index in [1.54, 1.807) is 6.92 Å². The van der Waals surface area contributed by atoms with E-state index in [9.17, 15) is 24.6 Å². The summed E-state index contributed by atoms with van der Waals surface area (Å²) < 4.78 is 20.7. The largest absolute Gasteiger partial charge is 0.477 e. The summed E-state index contributed by atoms with van der Waals surface area (Å²) in [7, 11) is 0. The van der Waals surface area contributed by atoms with Gasteiger partial charge >= 0.3 is 17.9 Å². The third-order valence-corrected chi connectivity index (χ3v) is 3.56. The second-order valence-corrected chi connectivity index (χ2v) is 5.58. The minimum absolute atomic E-state index is 0.308. The molecule has 2 N–H and O–H groups in total. The van der Waals surface area contributed by atoms with E-state index in [2.05, 4.69) is 4.99 Å². The molecular weight excluding hydrogens is 338 g/mol. The average Bonchev–Trinajstić information content (AvgIpc) is 2.89. The summed E-state index contributed by atoms with van der Waals surface area (Å²) in [4.78, 5) is 37.8. The predicted molar refractivity (Wildman–Crippen MR) is 80.6 cm³/mol. The summed E-state index contributed by atoms with van der Waals surface area (Å²) in [6.45, 7) is 3.41. The van der Waals surface area contributed by atoms with Gasteiger partial charge in [0.2, 0.25) is 5.76 Å². The molecule has 10 nitrogen and oxygen atoms in total. The summed E-state index contributed by atoms with van der Waals surface area (Å²) in [6, 6.07) is -0.723. The molecular formula is C15H19NO9. The monoisotopic (exact) mass is 357 g/mol. The van der Waals surface area contributed by atoms with E-state index < -0.39 is 60.7 Å². The lowest BCUT2D eigenvalue weighted by Gasteiger charge is -2.36. The molecule has 25 heavy (non-hydrogen) atoms. The van der Waals surface area contributed by atoms with Crippen molar-refractivity contribution in [1.82, 2.24) is 0 Å². The highest BCUT2D eigenvalue weighted by Gasteiger charge is 2.48. The van der Waals surface area contributed by atoms with Gasteiger partial charge in [-0.15, -0.1) is 0 Å². The highest BCUT2D eigenvalue weighted by atomic mass is 16.6. The molecule has 0 aromatic carbocycles. The fourth-order valence-electron chi connectivity index (χ4n) is 2.62. The summed E-state index contributed by atoms with van der Waals surface area (Å²) >= 11 is 0. The molecule has 2 heterocycles. The fraction of sp³-hybridized carbons (Fsp3) is 0.600. The molecule has 0 aliphatic carbocycles. The first kappa shape index (κ1) is 18.7. The van der Waals surface area contributed by atoms with E-state index in [0.29, 0.717) is 5.90 Å². The first-order chi connectivity index (χ1) is 11.7. The van der Waals surface area contributed by atoms with Gasteiger partial charge in [0.1, 0.15) is 24.9 Å². The second kappa shape index (κ2) is 7.51. The number of aliphatic hydroxyl groups excluding tert-OH is 1. The number of aliphatic hydroxyl groups is 1. The van der Waals surface area contributed by atoms with Crippen molar-refractivity contribution >= 4 is 23.8 Å². The van der Waals surface area contributed by atoms with Crippen LogP contribution in [-0.2, 0) is 33.3 Å². The van der Waals surface area contributed by atoms with Crippen molar-refractivity contribution in [1.29, 1.82) is 0 Å². The molecule has 0 saturated carbocycles. The zero-order valence-corrected chi connectivity index (χ0v) is 13.9. The maximum absolute atomic E-state index is 11.4. The molecule has 0 saturated heterocycles. The van der Waals surface area contributed by atoms with Crippen LogP contribution in [0.25, 0.3) is 0 Å². The van der Waals surface area contributed by atoms with Gasteiger partial charge in [0.15, 0.2) is 18.1 Å². The van der Waals surface area contributed by atoms with Crippen LogP contribution in [0.1, 0.15) is 20.8 Å². The molecule has 0 fully saturated rings. The van der Waals surface area contributed by atoms with E-state index in [1.807, 2.05) is 0 Å². The lowest BCUT2D eigenvalue weighted by atomic mass is 9.94. The zero-order valence-electron chi connectivity index (χ0n) is 13.9. The number of carbonyl (C=O) groups is 3. The van der Waals surface area contributed by atoms with Gasteiger partial charge in [-0.25, -0.2) is 9.79 Å². The van der Waals surface area contributed by atoms with Crippen LogP contribution in [0, 0.1) is 0 Å². The van der Waals surface area contributed by atoms with Crippen molar-refractivity contribution in [3.8, 4) is 0 Å². The second-order valence-electron chi connectivity index (χ2n) is 5.58. The number of hydrogen-bond acceptors (Lipinski definition) is 9. The molecule has 0 aromatic heterocycles. The number of hydrogen-bond donors (Lipinski definition) is 2. The SMILES string of the molecule is CC(=O)OC[C@@H](O)[C@@H](OC(C)=O)[C@@H]1OC(C(=O)O)=C[C@H]2OC(C)=N[C@@H]12. The lowest BCUT2D eigenvalue weighted by molar-refractivity contribution is -0.175. The van der Waals surface area contributed by atoms with E-state index in [1.165, 1.54) is 6.08 Å². The van der Waals surface area contributed by atoms with Crippen LogP contribution in [0.4, 0.5) is 0 Å². The average molecular weight is 357 g/mol. The molecule has 0 unspecified atom stereocenters. The van der Waals surface area contributed by atoms with E-state index in [-0.39, 0.29) is 0 Å². The topological polar surface area (TPSA) is 141 Å². The number of aliphatic carboxylic acids is 1. The molecule has 0 amide bonds. The Morgan fingerprint density at radius 3 is 2.52 bits per heavy atom. The van der Waals surface area contributed by atoms with Crippen molar-refractivity contribution in [2.45, 2.75) is 51.2 Å². The number of carboxylic acids is 1. The van der Waals surface area contributed by atoms with Crippen LogP contribution in [0.3, 0.4) is 0 Å². The van der Waals surface area contributed by atoms with Gasteiger partial charge in [-0.05, 0) is 0 Å². The number of aliphatic imine (C=N–C) groups is 1. The number of carbonyl (C=O) groups excluding carboxylic acids is 2. The van der Waals surface area contributed by atoms with Gasteiger partial charge < -0.3 is 29.2 Å². The van der Waals surface area contributed by atoms with Crippen molar-refractivity contribution in [3.63, 3.8) is 0 Å². The highest BCUT2D eigenvalue weighted by Crippen LogP contribution is 2.31. The van der Waals surface area contributed by atoms with E-state index >= 15 is 0 Å². The quantitative estimate of drug-likeness (QED) is 0.596. The zero-order chi connectivity index (χ0) is 18.7. The Balaban J connectivity index is 2.29. The molecule has 2 aliphatic heterocycles. The van der Waals surface area contributed by atoms with Crippen molar-refractivity contribution < 1.29 is 43.5 Å². The number of nitrogens with zero attached hydrogens (tertiary/aromatic N) is 1. The third kappa shape index (κ3) is 4.47. The Kier molecular flexibility index (Phi) is 5.62. The first-order valence-corrected chi connectivity index (χ1v) is 7.50. The van der Waals surface area contributed by atoms with Crippen molar-refractivity contribution in [3.05, 3.63) is 11.8 Å². The van der Waals surface area contributed by atoms with Gasteiger partial charge in [0.05, 0.1) is 0 Å². The summed E-state index contributed by atoms with van der Waals surface area (Å²) in [5.74, 6) is -2.80. The summed E-state index contributed by atoms with van der Waals surface area (Å²) in [6.07, 6.45) is -3.36. The molecule has 5 atom stereocenters. The normalized spacial score (nSPS) is 26.8. The van der Waals surface area contributed by atoms with Crippen LogP contribution >= 0.6 is 0 Å². The smallest absolute Gasteiger partial charge is 0.370 e. The molecule has 10 heteroatoms. The lowest BCUT2D eigenvalue weighted by Crippen LogP contribution is -2.53. The maximum atomic E-state index is 11.4. The van der Waals surface area contributed by atoms with Crippen LogP contribution in [0.15, 0.2) is 16.8 Å². The van der Waals surface area contributed by atoms with Crippen LogP contribution in [-0.4, -0.2) is 71.1 Å². The maximum Gasteiger partial charge on any atom is 0.370 e. The third-order valence-electron chi connectivity index (χ3n) is 3.56. The van der Waals surface area contributed by atoms with Crippen LogP contribution in [0.2, 0.25) is 0 Å². The van der Waals surface area contributed by atoms with Gasteiger partial charge in [-0.3, -0.25) is 9.59 Å². The minimum Gasteiger partial charge on any atom is -0.477 e. The van der Waals surface area contributed by atoms with Gasteiger partial charge in [-0.2, -0.15) is 0 Å². The number of ether oxygens (including phenoxy) is 4. The Morgan fingerprint density at radius 2 is 1.96 bits per heavy atom. The summed E-state index contributed by atoms with van der Waals surface area (Å²) in [5, 5.41) is 19.5. The van der Waals surface area contributed by atoms with Crippen molar-refractivity contribution in [2.24, 2.45) is 4.99 Å². The number of esters is 2. The number of rotatable bonds is 6. The highest BCUT2D eigenvalue weighted by molar-refractivity contribution is 5.85. The first-order valence-electron chi connectivity index (χ1n) is 7.50. The number of carboxylic acid groups (broad SMARTS) is 1. The fourth-order valence-corrected chi connectivity index (χ4v) is 2.62. The molecule has 0 aromatic rings. The summed E-state index contributed by atoms with van der Waals surface area (Å²) in [5.41, 5.74) is 0. The van der Waals surface area contributed by atoms with Gasteiger partial charge in [0.25, 0.3) is 0 Å². The predicted octanol–water partition coefficient (Wildman–Crippen LogP) is -0.605. The molecule has 138 valence electrons. The van der Waals surface area contributed by atoms with Crippen LogP contribution < -0.4 is 0 Å². The Hall–Kier alpha value is -2.62. The molecule has 2 rings (SSSR count). The minimum atomic E-state index is -1.44. The molecule has 0 spiro atoms. The van der Waals surface area contributed by atoms with E-state index in [0.717, 1.165) is 13.8 Å². The molecule has 0 bridgehead atoms. The molecule has 2 aliphatic rings. The Labute approximate surface area is 143 Å². The van der Waals surface area contributed by atoms with Crippen molar-refractivity contribution in [2.75, 3.05) is 6.61 Å². The Bertz CT molecular complexity index is 626. The molecule has 0 radical (unpaired) electrons. The Morgan fingerprint density at radius 1 is 1.28 bits per heavy atom. The van der Waals surface area contributed by atoms with E-state index in [4.69, 9.17) is 18.9 Å². The van der Waals surface area contributed by atoms with Gasteiger partial charge in [0, 0.05) is 26.8 Å². The number of fused-ring (bicyclic) bond motifs is 1.